The third-order valence-electron chi connectivity index (χ3n) is 3.03. The van der Waals surface area contributed by atoms with Crippen molar-refractivity contribution in [3.63, 3.8) is 0 Å². The topological polar surface area (TPSA) is 51.1 Å². The van der Waals surface area contributed by atoms with E-state index in [1.54, 1.807) is 25.3 Å². The second-order valence-corrected chi connectivity index (χ2v) is 5.64. The maximum Gasteiger partial charge on any atom is 0.170 e. The van der Waals surface area contributed by atoms with Crippen molar-refractivity contribution >= 4 is 34.6 Å². The van der Waals surface area contributed by atoms with E-state index in [-0.39, 0.29) is 0 Å². The zero-order valence-electron chi connectivity index (χ0n) is 12.6. The van der Waals surface area contributed by atoms with Gasteiger partial charge in [-0.3, -0.25) is 4.68 Å². The molecule has 0 aliphatic rings. The number of nitrogens with zero attached hydrogens (tertiary/aromatic N) is 2. The van der Waals surface area contributed by atoms with Crippen LogP contribution < -0.4 is 15.4 Å². The predicted molar refractivity (Wildman–Crippen MR) is 93.8 cm³/mol. The summed E-state index contributed by atoms with van der Waals surface area (Å²) in [4.78, 5) is 0. The molecular formula is C15H19ClN4OS. The minimum absolute atomic E-state index is 0.539. The Bertz CT molecular complexity index is 644. The molecule has 5 nitrogen and oxygen atoms in total. The number of nitrogens with one attached hydrogen (secondary N) is 2. The molecule has 0 amide bonds. The lowest BCUT2D eigenvalue weighted by Gasteiger charge is -2.13. The number of methoxy groups -OCH3 is 1. The van der Waals surface area contributed by atoms with Gasteiger partial charge in [-0.2, -0.15) is 5.10 Å². The molecule has 0 aliphatic heterocycles. The van der Waals surface area contributed by atoms with Gasteiger partial charge in [-0.05, 0) is 49.8 Å². The van der Waals surface area contributed by atoms with Crippen LogP contribution >= 0.6 is 23.8 Å². The third-order valence-corrected chi connectivity index (χ3v) is 3.51. The molecule has 0 radical (unpaired) electrons. The van der Waals surface area contributed by atoms with Crippen LogP contribution in [0.4, 0.5) is 5.69 Å². The van der Waals surface area contributed by atoms with Crippen LogP contribution in [0.15, 0.2) is 30.5 Å². The number of thiocarbonyl (C=S) groups is 1. The first kappa shape index (κ1) is 16.6. The molecule has 2 N–H and O–H groups in total. The number of rotatable bonds is 6. The zero-order valence-corrected chi connectivity index (χ0v) is 14.2. The Hall–Kier alpha value is -1.79. The molecule has 2 aromatic rings. The number of anilines is 1. The van der Waals surface area contributed by atoms with Crippen LogP contribution in [0.3, 0.4) is 0 Å². The fourth-order valence-electron chi connectivity index (χ4n) is 1.98. The minimum atomic E-state index is 0.539. The van der Waals surface area contributed by atoms with Crippen LogP contribution in [0.5, 0.6) is 5.75 Å². The van der Waals surface area contributed by atoms with Crippen LogP contribution in [-0.4, -0.2) is 28.5 Å². The Labute approximate surface area is 140 Å². The van der Waals surface area contributed by atoms with Gasteiger partial charge in [0.1, 0.15) is 5.75 Å². The molecule has 0 aliphatic carbocycles. The van der Waals surface area contributed by atoms with Crippen molar-refractivity contribution in [2.45, 2.75) is 19.9 Å². The SMILES string of the molecule is COc1ccc(Cl)cc1NC(=S)NCCCn1ccc(C)n1. The van der Waals surface area contributed by atoms with E-state index < -0.39 is 0 Å². The van der Waals surface area contributed by atoms with E-state index in [4.69, 9.17) is 28.6 Å². The molecule has 0 saturated heterocycles. The van der Waals surface area contributed by atoms with E-state index in [1.807, 2.05) is 23.9 Å². The van der Waals surface area contributed by atoms with Gasteiger partial charge in [0, 0.05) is 24.3 Å². The highest BCUT2D eigenvalue weighted by molar-refractivity contribution is 7.80. The van der Waals surface area contributed by atoms with Crippen molar-refractivity contribution in [1.29, 1.82) is 0 Å². The highest BCUT2D eigenvalue weighted by Gasteiger charge is 2.05. The van der Waals surface area contributed by atoms with Crippen LogP contribution in [0, 0.1) is 6.92 Å². The van der Waals surface area contributed by atoms with Crippen molar-refractivity contribution in [3.8, 4) is 5.75 Å². The molecule has 7 heteroatoms. The van der Waals surface area contributed by atoms with Gasteiger partial charge in [0.05, 0.1) is 18.5 Å². The summed E-state index contributed by atoms with van der Waals surface area (Å²) in [6.07, 6.45) is 2.90. The molecular weight excluding hydrogens is 320 g/mol. The highest BCUT2D eigenvalue weighted by Crippen LogP contribution is 2.27. The van der Waals surface area contributed by atoms with Gasteiger partial charge in [-0.15, -0.1) is 0 Å². The molecule has 0 atom stereocenters. The smallest absolute Gasteiger partial charge is 0.170 e. The van der Waals surface area contributed by atoms with Gasteiger partial charge in [0.15, 0.2) is 5.11 Å². The Morgan fingerprint density at radius 1 is 1.41 bits per heavy atom. The lowest BCUT2D eigenvalue weighted by molar-refractivity contribution is 0.417. The summed E-state index contributed by atoms with van der Waals surface area (Å²) in [5, 5.41) is 11.8. The number of aryl methyl sites for hydroxylation is 2. The molecule has 0 saturated carbocycles. The number of ether oxygens (including phenoxy) is 1. The summed E-state index contributed by atoms with van der Waals surface area (Å²) in [6.45, 7) is 3.59. The van der Waals surface area contributed by atoms with Crippen molar-refractivity contribution in [2.75, 3.05) is 19.0 Å². The molecule has 0 bridgehead atoms. The molecule has 0 spiro atoms. The van der Waals surface area contributed by atoms with Crippen LogP contribution in [0.25, 0.3) is 0 Å². The molecule has 0 fully saturated rings. The van der Waals surface area contributed by atoms with Gasteiger partial charge in [0.25, 0.3) is 0 Å². The van der Waals surface area contributed by atoms with Crippen LogP contribution in [-0.2, 0) is 6.54 Å². The zero-order chi connectivity index (χ0) is 15.9. The predicted octanol–water partition coefficient (Wildman–Crippen LogP) is 3.23. The van der Waals surface area contributed by atoms with E-state index >= 15 is 0 Å². The fraction of sp³-hybridized carbons (Fsp3) is 0.333. The fourth-order valence-corrected chi connectivity index (χ4v) is 2.36. The maximum atomic E-state index is 5.98. The highest BCUT2D eigenvalue weighted by atomic mass is 35.5. The lowest BCUT2D eigenvalue weighted by atomic mass is 10.3. The summed E-state index contributed by atoms with van der Waals surface area (Å²) in [6, 6.07) is 7.34. The Kier molecular flexibility index (Phi) is 6.03. The monoisotopic (exact) mass is 338 g/mol. The average Bonchev–Trinajstić information content (AvgIpc) is 2.89. The van der Waals surface area contributed by atoms with Gasteiger partial charge in [0.2, 0.25) is 0 Å². The quantitative estimate of drug-likeness (QED) is 0.625. The molecule has 0 unspecified atom stereocenters. The Morgan fingerprint density at radius 3 is 2.91 bits per heavy atom. The molecule has 1 aromatic heterocycles. The van der Waals surface area contributed by atoms with Gasteiger partial charge >= 0.3 is 0 Å². The summed E-state index contributed by atoms with van der Waals surface area (Å²) >= 11 is 11.3. The van der Waals surface area contributed by atoms with Gasteiger partial charge in [-0.1, -0.05) is 11.6 Å². The van der Waals surface area contributed by atoms with Crippen molar-refractivity contribution in [2.24, 2.45) is 0 Å². The van der Waals surface area contributed by atoms with Crippen molar-refractivity contribution < 1.29 is 4.74 Å². The first-order chi connectivity index (χ1) is 10.6. The number of benzene rings is 1. The van der Waals surface area contributed by atoms with Crippen LogP contribution in [0.1, 0.15) is 12.1 Å². The summed E-state index contributed by atoms with van der Waals surface area (Å²) in [7, 11) is 1.61. The Morgan fingerprint density at radius 2 is 2.23 bits per heavy atom. The molecule has 1 aromatic carbocycles. The lowest BCUT2D eigenvalue weighted by Crippen LogP contribution is -2.30. The van der Waals surface area contributed by atoms with E-state index in [0.717, 1.165) is 30.9 Å². The molecule has 1 heterocycles. The molecule has 118 valence electrons. The molecule has 22 heavy (non-hydrogen) atoms. The van der Waals surface area contributed by atoms with E-state index in [0.29, 0.717) is 15.9 Å². The standard InChI is InChI=1S/C15H19ClN4OS/c1-11-6-9-20(19-11)8-3-7-17-15(22)18-13-10-12(16)4-5-14(13)21-2/h4-6,9-10H,3,7-8H2,1-2H3,(H2,17,18,22). The van der Waals surface area contributed by atoms with Crippen LogP contribution in [0.2, 0.25) is 5.02 Å². The number of hydrogen-bond donors (Lipinski definition) is 2. The summed E-state index contributed by atoms with van der Waals surface area (Å²) in [5.41, 5.74) is 1.77. The Balaban J connectivity index is 1.77. The largest absolute Gasteiger partial charge is 0.495 e. The first-order valence-corrected chi connectivity index (χ1v) is 7.75. The second-order valence-electron chi connectivity index (χ2n) is 4.80. The average molecular weight is 339 g/mol. The summed E-state index contributed by atoms with van der Waals surface area (Å²) in [5.74, 6) is 0.695. The van der Waals surface area contributed by atoms with E-state index in [2.05, 4.69) is 15.7 Å². The summed E-state index contributed by atoms with van der Waals surface area (Å²) < 4.78 is 7.19. The van der Waals surface area contributed by atoms with E-state index in [1.165, 1.54) is 0 Å². The van der Waals surface area contributed by atoms with Crippen molar-refractivity contribution in [1.82, 2.24) is 15.1 Å². The number of aromatic nitrogens is 2. The first-order valence-electron chi connectivity index (χ1n) is 6.97. The normalized spacial score (nSPS) is 10.3. The third kappa shape index (κ3) is 4.89. The van der Waals surface area contributed by atoms with Gasteiger partial charge in [-0.25, -0.2) is 0 Å². The minimum Gasteiger partial charge on any atom is -0.495 e. The van der Waals surface area contributed by atoms with Gasteiger partial charge < -0.3 is 15.4 Å². The van der Waals surface area contributed by atoms with Crippen molar-refractivity contribution in [3.05, 3.63) is 41.2 Å². The number of hydrogen-bond acceptors (Lipinski definition) is 3. The maximum absolute atomic E-state index is 5.98. The van der Waals surface area contributed by atoms with E-state index in [9.17, 15) is 0 Å². The number of halogens is 1. The molecule has 2 rings (SSSR count). The second kappa shape index (κ2) is 8.00.